The zero-order valence-corrected chi connectivity index (χ0v) is 67.5. The third-order valence-electron chi connectivity index (χ3n) is 18.6. The van der Waals surface area contributed by atoms with Crippen LogP contribution >= 0.6 is 11.8 Å². The van der Waals surface area contributed by atoms with E-state index >= 15 is 0 Å². The molecule has 1 aliphatic heterocycles. The van der Waals surface area contributed by atoms with Crippen molar-refractivity contribution in [2.75, 3.05) is 31.2 Å². The topological polar surface area (TPSA) is 655 Å². The van der Waals surface area contributed by atoms with E-state index in [1.54, 1.807) is 88.5 Å². The molecule has 0 saturated carbocycles. The number of para-hydroxylation sites is 1. The maximum Gasteiger partial charge on any atom is 0.305 e. The molecule has 1 saturated heterocycles. The number of benzene rings is 3. The number of aliphatic hydroxyl groups is 2. The van der Waals surface area contributed by atoms with Crippen LogP contribution in [0.2, 0.25) is 0 Å². The number of amides is 15. The number of rotatable bonds is 23. The Morgan fingerprint density at radius 3 is 1.58 bits per heavy atom. The number of carbonyl (C=O) groups excluding carboxylic acids is 15. The van der Waals surface area contributed by atoms with Gasteiger partial charge in [-0.3, -0.25) is 82.1 Å². The van der Waals surface area contributed by atoms with Crippen molar-refractivity contribution >= 4 is 123 Å². The number of nitrogens with zero attached hydrogens (tertiary/aromatic N) is 1. The molecular formula is C77H107N21O20S. The number of imidazole rings is 1. The van der Waals surface area contributed by atoms with Gasteiger partial charge < -0.3 is 122 Å². The van der Waals surface area contributed by atoms with E-state index in [9.17, 15) is 97.1 Å². The second-order valence-electron chi connectivity index (χ2n) is 29.5. The first-order chi connectivity index (χ1) is 56.4. The van der Waals surface area contributed by atoms with E-state index in [0.717, 1.165) is 18.7 Å². The molecule has 26 N–H and O–H groups in total. The Balaban J connectivity index is 1.42. The molecule has 119 heavy (non-hydrogen) atoms. The number of aliphatic hydroxyl groups excluding tert-OH is 2. The van der Waals surface area contributed by atoms with Crippen molar-refractivity contribution in [1.29, 1.82) is 5.41 Å². The van der Waals surface area contributed by atoms with Crippen molar-refractivity contribution < 1.29 is 97.1 Å². The van der Waals surface area contributed by atoms with Gasteiger partial charge in [0.15, 0.2) is 5.96 Å². The van der Waals surface area contributed by atoms with Gasteiger partial charge in [0.1, 0.15) is 84.3 Å². The summed E-state index contributed by atoms with van der Waals surface area (Å²) < 4.78 is 0. The summed E-state index contributed by atoms with van der Waals surface area (Å²) in [6.07, 6.45) is -0.480. The molecule has 14 atom stereocenters. The molecule has 646 valence electrons. The summed E-state index contributed by atoms with van der Waals surface area (Å²) in [4.78, 5) is 237. The van der Waals surface area contributed by atoms with E-state index in [1.807, 2.05) is 0 Å². The highest BCUT2D eigenvalue weighted by atomic mass is 32.2. The number of nitrogens with one attached hydrogen (secondary N) is 18. The molecule has 1 fully saturated rings. The molecular weight excluding hydrogens is 1570 g/mol. The molecule has 2 aromatic heterocycles. The standard InChI is InChI=1S/C77H107N21O20S/c1-38(2)24-51-68(110)86-41(6)65(107)98-63(42(7)100)76(118)87-40(5)64(106)90-52(25-39(3)4)69(111)89-50(18-13-23-82-77(79)80)67(109)97-59(66(108)84-33-60(78)102)35-119-36-61(103)88-53(27-44-19-21-47(101)22-20-44)70(112)94-56(29-46-32-81-37-85-46)73(115)92-54(26-43-14-9-8-10-15-43)71(113)95-57(30-62(104)105)74(116)96-58(34-99)75(117)93-55(72(114)91-51)28-45-31-83-49-17-12-11-16-48(45)49/h8-12,14-17,19-22,31-32,37-42,50-59,63,83,99-101H,13,18,23-30,33-36H2,1-7H3,(H2,78,102)(H,81,85)(H,84,108)(H,86,110)(H,87,118)(H,88,103)(H,89,111)(H,90,106)(H,91,114)(H,92,115)(H,93,117)(H,94,112)(H,95,113)(H,96,116)(H,97,109)(H,98,107)(H,104,105)(H4,79,80,82)/t40-,41-,42+,50-,51-,52-,53-,54-,55-,56-,57-,58-,59-,63-/m0/s1. The Kier molecular flexibility index (Phi) is 37.5. The van der Waals surface area contributed by atoms with Crippen LogP contribution in [0.4, 0.5) is 0 Å². The minimum atomic E-state index is -2.10. The zero-order chi connectivity index (χ0) is 87.7. The number of nitrogens with two attached hydrogens (primary N) is 2. The number of thioether (sulfide) groups is 1. The lowest BCUT2D eigenvalue weighted by molar-refractivity contribution is -0.142. The number of carboxylic acids is 1. The molecule has 41 nitrogen and oxygen atoms in total. The van der Waals surface area contributed by atoms with Crippen LogP contribution in [0, 0.1) is 17.2 Å². The SMILES string of the molecule is CC(C)C[C@@H]1NC(=O)[C@H](C)NC(=O)[C@H]([C@@H](C)O)NC(=O)[C@H](C)NC(=O)[C@H](CC(C)C)NC(=O)[C@H](Cc2c[nH]c3ccccc23)NC(=O)[C@H](CO)NC(=O)[C@H](CC(=O)O)NC(=O)[C@H](Cc2ccccc2)NC(=O)[C@H](Cc2c[nH]cn2)NC(=O)[C@H](Cc2ccc(O)cc2)NC(=O)CSC[C@@H](C(=O)NCC(N)=O)NC(=O)[C@H](CCCNC(=N)N)NC1=O. The molecule has 5 aromatic rings. The first kappa shape index (κ1) is 95.1. The van der Waals surface area contributed by atoms with Crippen molar-refractivity contribution in [3.8, 4) is 5.75 Å². The van der Waals surface area contributed by atoms with Gasteiger partial charge in [-0.05, 0) is 93.2 Å². The highest BCUT2D eigenvalue weighted by Gasteiger charge is 2.39. The second kappa shape index (κ2) is 46.9. The van der Waals surface area contributed by atoms with Gasteiger partial charge >= 0.3 is 5.97 Å². The fourth-order valence-corrected chi connectivity index (χ4v) is 13.2. The number of phenolic OH excluding ortho intramolecular Hbond substituents is 1. The van der Waals surface area contributed by atoms with Crippen molar-refractivity contribution in [2.24, 2.45) is 23.3 Å². The summed E-state index contributed by atoms with van der Waals surface area (Å²) in [5, 5.41) is 87.7. The van der Waals surface area contributed by atoms with Gasteiger partial charge in [0.2, 0.25) is 88.6 Å². The number of H-pyrrole nitrogens is 2. The number of hydrogen-bond donors (Lipinski definition) is 24. The number of aromatic hydroxyl groups is 1. The molecule has 15 amide bonds. The largest absolute Gasteiger partial charge is 0.508 e. The normalized spacial score (nSPS) is 23.9. The third-order valence-corrected chi connectivity index (χ3v) is 19.6. The van der Waals surface area contributed by atoms with E-state index in [-0.39, 0.29) is 74.8 Å². The highest BCUT2D eigenvalue weighted by Crippen LogP contribution is 2.21. The van der Waals surface area contributed by atoms with E-state index in [0.29, 0.717) is 27.6 Å². The Morgan fingerprint density at radius 2 is 1.02 bits per heavy atom. The van der Waals surface area contributed by atoms with Gasteiger partial charge in [0.25, 0.3) is 0 Å². The molecule has 3 heterocycles. The van der Waals surface area contributed by atoms with Gasteiger partial charge in [0.05, 0.1) is 43.5 Å². The van der Waals surface area contributed by atoms with E-state index in [1.165, 1.54) is 50.6 Å². The van der Waals surface area contributed by atoms with Crippen LogP contribution in [-0.2, 0) is 102 Å². The first-order valence-electron chi connectivity index (χ1n) is 38.4. The zero-order valence-electron chi connectivity index (χ0n) is 66.7. The number of aliphatic carboxylic acids is 1. The third kappa shape index (κ3) is 31.7. The molecule has 0 bridgehead atoms. The maximum atomic E-state index is 15.0. The number of aromatic amines is 2. The van der Waals surface area contributed by atoms with Gasteiger partial charge in [0, 0.05) is 61.3 Å². The molecule has 42 heteroatoms. The quantitative estimate of drug-likeness (QED) is 0.0165. The molecule has 0 spiro atoms. The van der Waals surface area contributed by atoms with Crippen LogP contribution in [0.15, 0.2) is 97.6 Å². The molecule has 0 aliphatic carbocycles. The van der Waals surface area contributed by atoms with Crippen LogP contribution in [0.25, 0.3) is 10.9 Å². The summed E-state index contributed by atoms with van der Waals surface area (Å²) in [5.74, 6) is -19.9. The summed E-state index contributed by atoms with van der Waals surface area (Å²) in [6.45, 7) is 8.42. The number of carbonyl (C=O) groups is 16. The van der Waals surface area contributed by atoms with Crippen molar-refractivity contribution in [2.45, 2.75) is 191 Å². The lowest BCUT2D eigenvalue weighted by Crippen LogP contribution is -2.62. The van der Waals surface area contributed by atoms with Crippen LogP contribution in [0.5, 0.6) is 5.75 Å². The predicted octanol–water partition coefficient (Wildman–Crippen LogP) is -5.24. The second-order valence-corrected chi connectivity index (χ2v) is 30.5. The highest BCUT2D eigenvalue weighted by molar-refractivity contribution is 8.00. The summed E-state index contributed by atoms with van der Waals surface area (Å²) >= 11 is 0.729. The minimum absolute atomic E-state index is 0.0188. The molecule has 1 aliphatic rings. The Hall–Kier alpha value is -12.7. The van der Waals surface area contributed by atoms with E-state index < -0.39 is 223 Å². The van der Waals surface area contributed by atoms with E-state index in [4.69, 9.17) is 16.9 Å². The van der Waals surface area contributed by atoms with Crippen LogP contribution < -0.4 is 91.2 Å². The number of aromatic nitrogens is 3. The van der Waals surface area contributed by atoms with Gasteiger partial charge in [-0.1, -0.05) is 88.4 Å². The first-order valence-corrected chi connectivity index (χ1v) is 39.5. The van der Waals surface area contributed by atoms with E-state index in [2.05, 4.69) is 94.7 Å². The van der Waals surface area contributed by atoms with Crippen molar-refractivity contribution in [3.63, 3.8) is 0 Å². The Morgan fingerprint density at radius 1 is 0.538 bits per heavy atom. The summed E-state index contributed by atoms with van der Waals surface area (Å²) in [5.41, 5.74) is 12.9. The average Bonchev–Trinajstić information content (AvgIpc) is 1.58. The smallest absolute Gasteiger partial charge is 0.305 e. The molecule has 0 unspecified atom stereocenters. The van der Waals surface area contributed by atoms with Crippen molar-refractivity contribution in [3.05, 3.63) is 120 Å². The van der Waals surface area contributed by atoms with Gasteiger partial charge in [-0.25, -0.2) is 4.98 Å². The predicted molar refractivity (Wildman–Crippen MR) is 431 cm³/mol. The number of primary amides is 1. The molecule has 0 radical (unpaired) electrons. The monoisotopic (exact) mass is 1680 g/mol. The van der Waals surface area contributed by atoms with Crippen molar-refractivity contribution in [1.82, 2.24) is 94.7 Å². The molecule has 6 rings (SSSR count). The van der Waals surface area contributed by atoms with Crippen LogP contribution in [0.1, 0.15) is 103 Å². The fraction of sp³-hybridized carbons (Fsp3) is 0.481. The fourth-order valence-electron chi connectivity index (χ4n) is 12.4. The number of phenols is 1. The summed E-state index contributed by atoms with van der Waals surface area (Å²) in [7, 11) is 0. The number of fused-ring (bicyclic) bond motifs is 1. The number of carboxylic acid groups (broad SMARTS) is 1. The number of guanidine groups is 1. The average molecular weight is 1680 g/mol. The van der Waals surface area contributed by atoms with Crippen LogP contribution in [-0.4, -0.2) is 252 Å². The minimum Gasteiger partial charge on any atom is -0.508 e. The lowest BCUT2D eigenvalue weighted by atomic mass is 10.00. The van der Waals surface area contributed by atoms with Crippen LogP contribution in [0.3, 0.4) is 0 Å². The number of hydrogen-bond acceptors (Lipinski definition) is 22. The summed E-state index contributed by atoms with van der Waals surface area (Å²) in [6, 6.07) is -1.48. The van der Waals surface area contributed by atoms with Gasteiger partial charge in [-0.2, -0.15) is 0 Å². The molecule has 3 aromatic carbocycles. The Labute approximate surface area is 688 Å². The lowest BCUT2D eigenvalue weighted by Gasteiger charge is -2.28. The Bertz CT molecular complexity index is 4380. The maximum absolute atomic E-state index is 15.0. The van der Waals surface area contributed by atoms with Gasteiger partial charge in [-0.15, -0.1) is 11.8 Å².